The van der Waals surface area contributed by atoms with Crippen molar-refractivity contribution in [3.8, 4) is 0 Å². The summed E-state index contributed by atoms with van der Waals surface area (Å²) in [7, 11) is 0. The summed E-state index contributed by atoms with van der Waals surface area (Å²) in [5.74, 6) is 0.392. The SMILES string of the molecule is Cc1cc(N)ccc1C(=O)Nc1ccn[nH]1. The maximum absolute atomic E-state index is 11.8. The van der Waals surface area contributed by atoms with Gasteiger partial charge in [0.1, 0.15) is 5.82 Å². The fourth-order valence-electron chi connectivity index (χ4n) is 1.46. The van der Waals surface area contributed by atoms with Crippen molar-refractivity contribution in [1.29, 1.82) is 0 Å². The van der Waals surface area contributed by atoms with Gasteiger partial charge in [0, 0.05) is 17.3 Å². The molecule has 0 radical (unpaired) electrons. The average molecular weight is 216 g/mol. The summed E-state index contributed by atoms with van der Waals surface area (Å²) in [6, 6.07) is 6.86. The van der Waals surface area contributed by atoms with Gasteiger partial charge in [0.25, 0.3) is 5.91 Å². The van der Waals surface area contributed by atoms with Crippen LogP contribution in [0.2, 0.25) is 0 Å². The van der Waals surface area contributed by atoms with Crippen molar-refractivity contribution in [2.24, 2.45) is 0 Å². The molecule has 16 heavy (non-hydrogen) atoms. The lowest BCUT2D eigenvalue weighted by Gasteiger charge is -2.06. The summed E-state index contributed by atoms with van der Waals surface area (Å²) in [6.07, 6.45) is 1.57. The molecule has 0 bridgehead atoms. The topological polar surface area (TPSA) is 83.8 Å². The number of carbonyl (C=O) groups is 1. The fourth-order valence-corrected chi connectivity index (χ4v) is 1.46. The van der Waals surface area contributed by atoms with Crippen LogP contribution >= 0.6 is 0 Å². The molecule has 5 heteroatoms. The van der Waals surface area contributed by atoms with E-state index in [1.54, 1.807) is 30.5 Å². The minimum absolute atomic E-state index is 0.179. The van der Waals surface area contributed by atoms with Crippen LogP contribution in [0.5, 0.6) is 0 Å². The standard InChI is InChI=1S/C11H12N4O/c1-7-6-8(12)2-3-9(7)11(16)14-10-4-5-13-15-10/h2-6H,12H2,1H3,(H2,13,14,15,16). The third kappa shape index (κ3) is 2.03. The van der Waals surface area contributed by atoms with Gasteiger partial charge in [0.15, 0.2) is 0 Å². The Bertz CT molecular complexity index is 505. The summed E-state index contributed by atoms with van der Waals surface area (Å²) < 4.78 is 0. The molecular weight excluding hydrogens is 204 g/mol. The van der Waals surface area contributed by atoms with Gasteiger partial charge in [0.2, 0.25) is 0 Å². The van der Waals surface area contributed by atoms with Gasteiger partial charge >= 0.3 is 0 Å². The second-order valence-corrected chi connectivity index (χ2v) is 3.50. The average Bonchev–Trinajstić information content (AvgIpc) is 2.70. The van der Waals surface area contributed by atoms with Crippen molar-refractivity contribution in [2.75, 3.05) is 11.1 Å². The van der Waals surface area contributed by atoms with Crippen LogP contribution in [0, 0.1) is 6.92 Å². The lowest BCUT2D eigenvalue weighted by molar-refractivity contribution is 0.102. The van der Waals surface area contributed by atoms with E-state index in [-0.39, 0.29) is 5.91 Å². The molecule has 0 aliphatic carbocycles. The van der Waals surface area contributed by atoms with Crippen molar-refractivity contribution in [1.82, 2.24) is 10.2 Å². The number of rotatable bonds is 2. The van der Waals surface area contributed by atoms with Crippen LogP contribution in [0.4, 0.5) is 11.5 Å². The largest absolute Gasteiger partial charge is 0.399 e. The predicted molar refractivity (Wildman–Crippen MR) is 62.1 cm³/mol. The van der Waals surface area contributed by atoms with E-state index in [0.717, 1.165) is 5.56 Å². The smallest absolute Gasteiger partial charge is 0.257 e. The number of aromatic amines is 1. The summed E-state index contributed by atoms with van der Waals surface area (Å²) in [5, 5.41) is 9.11. The molecule has 0 saturated heterocycles. The predicted octanol–water partition coefficient (Wildman–Crippen LogP) is 1.55. The molecule has 4 N–H and O–H groups in total. The monoisotopic (exact) mass is 216 g/mol. The summed E-state index contributed by atoms with van der Waals surface area (Å²) >= 11 is 0. The molecule has 2 rings (SSSR count). The molecule has 0 spiro atoms. The third-order valence-electron chi connectivity index (χ3n) is 2.24. The number of anilines is 2. The molecule has 0 fully saturated rings. The third-order valence-corrected chi connectivity index (χ3v) is 2.24. The number of benzene rings is 1. The molecular formula is C11H12N4O. The quantitative estimate of drug-likeness (QED) is 0.666. The first kappa shape index (κ1) is 10.2. The van der Waals surface area contributed by atoms with E-state index in [1.165, 1.54) is 0 Å². The van der Waals surface area contributed by atoms with Crippen LogP contribution in [0.3, 0.4) is 0 Å². The number of H-pyrrole nitrogens is 1. The number of nitrogens with zero attached hydrogens (tertiary/aromatic N) is 1. The minimum atomic E-state index is -0.179. The molecule has 0 unspecified atom stereocenters. The molecule has 1 heterocycles. The number of nitrogens with two attached hydrogens (primary N) is 1. The number of hydrogen-bond acceptors (Lipinski definition) is 3. The van der Waals surface area contributed by atoms with E-state index in [4.69, 9.17) is 5.73 Å². The second kappa shape index (κ2) is 4.06. The fraction of sp³-hybridized carbons (Fsp3) is 0.0909. The van der Waals surface area contributed by atoms with Crippen LogP contribution in [-0.4, -0.2) is 16.1 Å². The Kier molecular flexibility index (Phi) is 2.59. The van der Waals surface area contributed by atoms with Gasteiger partial charge in [-0.3, -0.25) is 9.89 Å². The molecule has 1 amide bonds. The van der Waals surface area contributed by atoms with Gasteiger partial charge in [-0.1, -0.05) is 0 Å². The first-order valence-electron chi connectivity index (χ1n) is 4.83. The number of hydrogen-bond donors (Lipinski definition) is 3. The van der Waals surface area contributed by atoms with Gasteiger partial charge in [-0.15, -0.1) is 0 Å². The van der Waals surface area contributed by atoms with Gasteiger partial charge in [-0.2, -0.15) is 5.10 Å². The van der Waals surface area contributed by atoms with Crippen LogP contribution in [-0.2, 0) is 0 Å². The first-order valence-corrected chi connectivity index (χ1v) is 4.83. The Hall–Kier alpha value is -2.30. The van der Waals surface area contributed by atoms with Crippen molar-refractivity contribution >= 4 is 17.4 Å². The summed E-state index contributed by atoms with van der Waals surface area (Å²) in [4.78, 5) is 11.8. The molecule has 0 aliphatic rings. The van der Waals surface area contributed by atoms with Gasteiger partial charge < -0.3 is 11.1 Å². The zero-order valence-corrected chi connectivity index (χ0v) is 8.82. The lowest BCUT2D eigenvalue weighted by Crippen LogP contribution is -2.13. The lowest BCUT2D eigenvalue weighted by atomic mass is 10.1. The number of aromatic nitrogens is 2. The van der Waals surface area contributed by atoms with Crippen LogP contribution in [0.15, 0.2) is 30.5 Å². The Morgan fingerprint density at radius 1 is 1.44 bits per heavy atom. The van der Waals surface area contributed by atoms with E-state index in [9.17, 15) is 4.79 Å². The number of aryl methyl sites for hydroxylation is 1. The van der Waals surface area contributed by atoms with Crippen LogP contribution in [0.25, 0.3) is 0 Å². The zero-order chi connectivity index (χ0) is 11.5. The van der Waals surface area contributed by atoms with Gasteiger partial charge in [-0.25, -0.2) is 0 Å². The maximum atomic E-state index is 11.8. The van der Waals surface area contributed by atoms with Crippen LogP contribution in [0.1, 0.15) is 15.9 Å². The van der Waals surface area contributed by atoms with Crippen molar-refractivity contribution in [3.05, 3.63) is 41.6 Å². The Balaban J connectivity index is 2.21. The summed E-state index contributed by atoms with van der Waals surface area (Å²) in [5.41, 5.74) is 7.71. The normalized spacial score (nSPS) is 10.1. The molecule has 1 aromatic carbocycles. The Labute approximate surface area is 92.7 Å². The molecule has 0 atom stereocenters. The van der Waals surface area contributed by atoms with E-state index in [1.807, 2.05) is 6.92 Å². The highest BCUT2D eigenvalue weighted by Gasteiger charge is 2.09. The zero-order valence-electron chi connectivity index (χ0n) is 8.82. The molecule has 0 saturated carbocycles. The van der Waals surface area contributed by atoms with E-state index in [2.05, 4.69) is 15.5 Å². The van der Waals surface area contributed by atoms with Crippen molar-refractivity contribution in [3.63, 3.8) is 0 Å². The van der Waals surface area contributed by atoms with Crippen LogP contribution < -0.4 is 11.1 Å². The Morgan fingerprint density at radius 2 is 2.25 bits per heavy atom. The Morgan fingerprint density at radius 3 is 2.88 bits per heavy atom. The minimum Gasteiger partial charge on any atom is -0.399 e. The van der Waals surface area contributed by atoms with Gasteiger partial charge in [-0.05, 0) is 30.7 Å². The van der Waals surface area contributed by atoms with Crippen molar-refractivity contribution in [2.45, 2.75) is 6.92 Å². The number of nitrogens with one attached hydrogen (secondary N) is 2. The van der Waals surface area contributed by atoms with E-state index in [0.29, 0.717) is 17.1 Å². The maximum Gasteiger partial charge on any atom is 0.257 e. The molecule has 1 aromatic heterocycles. The number of amides is 1. The molecule has 0 aliphatic heterocycles. The van der Waals surface area contributed by atoms with E-state index < -0.39 is 0 Å². The van der Waals surface area contributed by atoms with E-state index >= 15 is 0 Å². The van der Waals surface area contributed by atoms with Gasteiger partial charge in [0.05, 0.1) is 6.20 Å². The highest BCUT2D eigenvalue weighted by Crippen LogP contribution is 2.13. The molecule has 82 valence electrons. The highest BCUT2D eigenvalue weighted by atomic mass is 16.1. The highest BCUT2D eigenvalue weighted by molar-refractivity contribution is 6.04. The molecule has 2 aromatic rings. The summed E-state index contributed by atoms with van der Waals surface area (Å²) in [6.45, 7) is 1.85. The second-order valence-electron chi connectivity index (χ2n) is 3.50. The molecule has 5 nitrogen and oxygen atoms in total. The number of nitrogen functional groups attached to an aromatic ring is 1. The first-order chi connectivity index (χ1) is 7.66. The van der Waals surface area contributed by atoms with Crippen molar-refractivity contribution < 1.29 is 4.79 Å². The number of carbonyl (C=O) groups excluding carboxylic acids is 1.